The average Bonchev–Trinajstić information content (AvgIpc) is 2.18. The van der Waals surface area contributed by atoms with Gasteiger partial charge in [-0.25, -0.2) is 13.6 Å². The van der Waals surface area contributed by atoms with Crippen LogP contribution in [0.25, 0.3) is 0 Å². The van der Waals surface area contributed by atoms with Crippen LogP contribution in [0.15, 0.2) is 18.2 Å². The van der Waals surface area contributed by atoms with Crippen LogP contribution in [0.1, 0.15) is 13.8 Å². The molecule has 0 atom stereocenters. The second kappa shape index (κ2) is 5.09. The Morgan fingerprint density at radius 1 is 1.41 bits per heavy atom. The fourth-order valence-electron chi connectivity index (χ4n) is 1.07. The molecule has 0 aliphatic carbocycles. The van der Waals surface area contributed by atoms with Crippen LogP contribution >= 0.6 is 0 Å². The molecule has 4 N–H and O–H groups in total. The maximum absolute atomic E-state index is 13.2. The van der Waals surface area contributed by atoms with Crippen molar-refractivity contribution in [3.8, 4) is 0 Å². The summed E-state index contributed by atoms with van der Waals surface area (Å²) in [5.74, 6) is -1.52. The Morgan fingerprint density at radius 3 is 2.59 bits per heavy atom. The van der Waals surface area contributed by atoms with E-state index in [0.717, 1.165) is 12.1 Å². The number of amides is 2. The Balaban J connectivity index is 2.57. The van der Waals surface area contributed by atoms with E-state index in [1.54, 1.807) is 13.8 Å². The van der Waals surface area contributed by atoms with Crippen molar-refractivity contribution in [3.05, 3.63) is 29.8 Å². The fourth-order valence-corrected chi connectivity index (χ4v) is 1.07. The van der Waals surface area contributed by atoms with Crippen LogP contribution in [0.3, 0.4) is 0 Å². The number of halogens is 2. The molecular weight excluding hydrogens is 228 g/mol. The molecule has 1 aromatic rings. The van der Waals surface area contributed by atoms with Crippen LogP contribution in [0.4, 0.5) is 19.3 Å². The third-order valence-corrected chi connectivity index (χ3v) is 1.88. The van der Waals surface area contributed by atoms with Gasteiger partial charge in [-0.05, 0) is 26.0 Å². The second-order valence-electron chi connectivity index (χ2n) is 4.42. The largest absolute Gasteiger partial charge is 0.336 e. The van der Waals surface area contributed by atoms with Gasteiger partial charge in [0.05, 0.1) is 5.69 Å². The van der Waals surface area contributed by atoms with Gasteiger partial charge in [-0.2, -0.15) is 0 Å². The smallest absolute Gasteiger partial charge is 0.319 e. The van der Waals surface area contributed by atoms with Crippen LogP contribution in [0, 0.1) is 11.6 Å². The van der Waals surface area contributed by atoms with Gasteiger partial charge in [0.25, 0.3) is 0 Å². The van der Waals surface area contributed by atoms with Crippen molar-refractivity contribution < 1.29 is 13.6 Å². The monoisotopic (exact) mass is 243 g/mol. The minimum atomic E-state index is -0.827. The third kappa shape index (κ3) is 4.78. The zero-order valence-corrected chi connectivity index (χ0v) is 9.68. The van der Waals surface area contributed by atoms with E-state index in [-0.39, 0.29) is 12.2 Å². The van der Waals surface area contributed by atoms with E-state index >= 15 is 0 Å². The van der Waals surface area contributed by atoms with E-state index in [1.807, 2.05) is 0 Å². The molecule has 0 radical (unpaired) electrons. The maximum atomic E-state index is 13.2. The highest BCUT2D eigenvalue weighted by Gasteiger charge is 2.13. The van der Waals surface area contributed by atoms with Crippen molar-refractivity contribution in [1.29, 1.82) is 0 Å². The van der Waals surface area contributed by atoms with Gasteiger partial charge in [0.1, 0.15) is 11.6 Å². The van der Waals surface area contributed by atoms with Gasteiger partial charge in [-0.15, -0.1) is 0 Å². The maximum Gasteiger partial charge on any atom is 0.319 e. The topological polar surface area (TPSA) is 67.1 Å². The summed E-state index contributed by atoms with van der Waals surface area (Å²) in [5.41, 5.74) is 5.02. The summed E-state index contributed by atoms with van der Waals surface area (Å²) >= 11 is 0. The lowest BCUT2D eigenvalue weighted by Gasteiger charge is -2.19. The molecule has 94 valence electrons. The molecule has 0 unspecified atom stereocenters. The first-order valence-corrected chi connectivity index (χ1v) is 5.07. The number of anilines is 1. The molecule has 4 nitrogen and oxygen atoms in total. The minimum absolute atomic E-state index is 0.0845. The fraction of sp³-hybridized carbons (Fsp3) is 0.364. The van der Waals surface area contributed by atoms with Gasteiger partial charge in [0.2, 0.25) is 0 Å². The molecule has 17 heavy (non-hydrogen) atoms. The van der Waals surface area contributed by atoms with Gasteiger partial charge < -0.3 is 16.4 Å². The predicted octanol–water partition coefficient (Wildman–Crippen LogP) is 1.82. The molecule has 0 heterocycles. The molecule has 6 heteroatoms. The molecule has 0 saturated carbocycles. The van der Waals surface area contributed by atoms with E-state index in [0.29, 0.717) is 6.07 Å². The molecule has 2 amide bonds. The summed E-state index contributed by atoms with van der Waals surface area (Å²) in [7, 11) is 0. The van der Waals surface area contributed by atoms with Crippen molar-refractivity contribution in [3.63, 3.8) is 0 Å². The number of hydrogen-bond acceptors (Lipinski definition) is 2. The van der Waals surface area contributed by atoms with Gasteiger partial charge in [-0.3, -0.25) is 0 Å². The lowest BCUT2D eigenvalue weighted by molar-refractivity contribution is 0.249. The van der Waals surface area contributed by atoms with Crippen LogP contribution in [-0.2, 0) is 0 Å². The number of nitrogens with one attached hydrogen (secondary N) is 2. The van der Waals surface area contributed by atoms with Crippen LogP contribution in [0.5, 0.6) is 0 Å². The number of carbonyl (C=O) groups excluding carboxylic acids is 1. The van der Waals surface area contributed by atoms with Crippen LogP contribution < -0.4 is 16.4 Å². The molecule has 1 rings (SSSR count). The highest BCUT2D eigenvalue weighted by Crippen LogP contribution is 2.14. The first-order valence-electron chi connectivity index (χ1n) is 5.07. The first-order chi connectivity index (χ1) is 7.78. The molecule has 0 aromatic heterocycles. The quantitative estimate of drug-likeness (QED) is 0.758. The number of nitrogens with two attached hydrogens (primary N) is 1. The Hall–Kier alpha value is -1.69. The van der Waals surface area contributed by atoms with E-state index in [4.69, 9.17) is 5.73 Å². The number of rotatable bonds is 3. The Kier molecular flexibility index (Phi) is 4.01. The van der Waals surface area contributed by atoms with Crippen molar-refractivity contribution in [2.75, 3.05) is 11.9 Å². The Bertz CT molecular complexity index is 416. The zero-order chi connectivity index (χ0) is 13.1. The molecule has 1 aromatic carbocycles. The summed E-state index contributed by atoms with van der Waals surface area (Å²) in [4.78, 5) is 11.4. The Morgan fingerprint density at radius 2 is 2.06 bits per heavy atom. The van der Waals surface area contributed by atoms with Crippen molar-refractivity contribution in [2.24, 2.45) is 5.73 Å². The highest BCUT2D eigenvalue weighted by molar-refractivity contribution is 5.89. The number of hydrogen-bond donors (Lipinski definition) is 3. The van der Waals surface area contributed by atoms with E-state index in [1.165, 1.54) is 0 Å². The summed E-state index contributed by atoms with van der Waals surface area (Å²) in [6.07, 6.45) is 0. The van der Waals surface area contributed by atoms with E-state index in [2.05, 4.69) is 10.6 Å². The molecule has 0 aliphatic rings. The molecule has 0 bridgehead atoms. The summed E-state index contributed by atoms with van der Waals surface area (Å²) in [5, 5.41) is 4.74. The van der Waals surface area contributed by atoms with Gasteiger partial charge in [0.15, 0.2) is 0 Å². The SMILES string of the molecule is CC(C)(N)CNC(=O)Nc1ccc(F)cc1F. The van der Waals surface area contributed by atoms with Crippen LogP contribution in [0.2, 0.25) is 0 Å². The van der Waals surface area contributed by atoms with E-state index in [9.17, 15) is 13.6 Å². The van der Waals surface area contributed by atoms with Crippen LogP contribution in [-0.4, -0.2) is 18.1 Å². The highest BCUT2D eigenvalue weighted by atomic mass is 19.1. The predicted molar refractivity (Wildman–Crippen MR) is 61.6 cm³/mol. The van der Waals surface area contributed by atoms with Crippen molar-refractivity contribution >= 4 is 11.7 Å². The van der Waals surface area contributed by atoms with Crippen molar-refractivity contribution in [2.45, 2.75) is 19.4 Å². The van der Waals surface area contributed by atoms with Crippen molar-refractivity contribution in [1.82, 2.24) is 5.32 Å². The average molecular weight is 243 g/mol. The summed E-state index contributed by atoms with van der Waals surface area (Å²) in [6, 6.07) is 2.32. The second-order valence-corrected chi connectivity index (χ2v) is 4.42. The number of benzene rings is 1. The molecular formula is C11H15F2N3O. The summed E-state index contributed by atoms with van der Waals surface area (Å²) < 4.78 is 25.8. The van der Waals surface area contributed by atoms with Gasteiger partial charge in [-0.1, -0.05) is 0 Å². The van der Waals surface area contributed by atoms with Gasteiger partial charge >= 0.3 is 6.03 Å². The Labute approximate surface area is 98.2 Å². The molecule has 0 saturated heterocycles. The lowest BCUT2D eigenvalue weighted by atomic mass is 10.1. The molecule has 0 fully saturated rings. The van der Waals surface area contributed by atoms with E-state index < -0.39 is 23.2 Å². The number of urea groups is 1. The number of carbonyl (C=O) groups is 1. The normalized spacial score (nSPS) is 11.1. The molecule has 0 aliphatic heterocycles. The lowest BCUT2D eigenvalue weighted by Crippen LogP contribution is -2.46. The van der Waals surface area contributed by atoms with Gasteiger partial charge in [0, 0.05) is 18.2 Å². The summed E-state index contributed by atoms with van der Waals surface area (Å²) in [6.45, 7) is 3.72. The zero-order valence-electron chi connectivity index (χ0n) is 9.68. The first kappa shape index (κ1) is 13.4. The third-order valence-electron chi connectivity index (χ3n) is 1.88. The minimum Gasteiger partial charge on any atom is -0.336 e. The standard InChI is InChI=1S/C11H15F2N3O/c1-11(2,14)6-15-10(17)16-9-4-3-7(12)5-8(9)13/h3-5H,6,14H2,1-2H3,(H2,15,16,17). The molecule has 0 spiro atoms.